The third kappa shape index (κ3) is 4.16. The molecule has 150 valence electrons. The van der Waals surface area contributed by atoms with Crippen LogP contribution >= 0.6 is 0 Å². The van der Waals surface area contributed by atoms with E-state index >= 15 is 0 Å². The molecule has 0 atom stereocenters. The molecule has 3 rings (SSSR count). The van der Waals surface area contributed by atoms with Crippen LogP contribution in [0.1, 0.15) is 32.6 Å². The van der Waals surface area contributed by atoms with Gasteiger partial charge in [-0.1, -0.05) is 25.0 Å². The van der Waals surface area contributed by atoms with Gasteiger partial charge in [0, 0.05) is 25.6 Å². The minimum absolute atomic E-state index is 0.0454. The lowest BCUT2D eigenvalue weighted by atomic mass is 10.1. The van der Waals surface area contributed by atoms with Crippen molar-refractivity contribution in [2.24, 2.45) is 5.92 Å². The van der Waals surface area contributed by atoms with Crippen LogP contribution in [0.2, 0.25) is 0 Å². The highest BCUT2D eigenvalue weighted by atomic mass is 16.2. The first-order chi connectivity index (χ1) is 13.5. The number of hydrogen-bond donors (Lipinski definition) is 2. The maximum absolute atomic E-state index is 12.6. The molecule has 0 unspecified atom stereocenters. The van der Waals surface area contributed by atoms with Crippen molar-refractivity contribution >= 4 is 22.7 Å². The molecule has 1 saturated carbocycles. The lowest BCUT2D eigenvalue weighted by Gasteiger charge is -2.14. The molecule has 0 bridgehead atoms. The van der Waals surface area contributed by atoms with Crippen LogP contribution in [0.3, 0.4) is 0 Å². The molecule has 28 heavy (non-hydrogen) atoms. The van der Waals surface area contributed by atoms with Gasteiger partial charge in [-0.05, 0) is 31.9 Å². The van der Waals surface area contributed by atoms with E-state index in [0.29, 0.717) is 17.4 Å². The molecule has 8 heteroatoms. The Balaban J connectivity index is 1.64. The second-order valence-electron chi connectivity index (χ2n) is 7.06. The Morgan fingerprint density at radius 2 is 1.71 bits per heavy atom. The molecule has 0 aliphatic heterocycles. The first-order valence-corrected chi connectivity index (χ1v) is 9.79. The average Bonchev–Trinajstić information content (AvgIpc) is 3.24. The minimum atomic E-state index is -0.504. The van der Waals surface area contributed by atoms with Crippen LogP contribution < -0.4 is 21.9 Å². The Bertz CT molecular complexity index is 986. The fraction of sp³-hybridized carbons (Fsp3) is 0.500. The van der Waals surface area contributed by atoms with Gasteiger partial charge in [-0.25, -0.2) is 4.79 Å². The maximum Gasteiger partial charge on any atom is 0.331 e. The Morgan fingerprint density at radius 3 is 2.43 bits per heavy atom. The average molecular weight is 386 g/mol. The molecule has 1 aromatic heterocycles. The predicted molar refractivity (Wildman–Crippen MR) is 106 cm³/mol. The van der Waals surface area contributed by atoms with E-state index in [1.807, 2.05) is 0 Å². The van der Waals surface area contributed by atoms with Gasteiger partial charge in [0.25, 0.3) is 5.56 Å². The Hall–Kier alpha value is -2.90. The minimum Gasteiger partial charge on any atom is -0.354 e. The fourth-order valence-electron chi connectivity index (χ4n) is 3.72. The van der Waals surface area contributed by atoms with Crippen LogP contribution in [0.15, 0.2) is 33.9 Å². The molecule has 1 heterocycles. The quantitative estimate of drug-likeness (QED) is 0.681. The van der Waals surface area contributed by atoms with E-state index in [1.165, 1.54) is 4.57 Å². The summed E-state index contributed by atoms with van der Waals surface area (Å²) in [6.45, 7) is 2.41. The van der Waals surface area contributed by atoms with E-state index in [1.54, 1.807) is 31.2 Å². The highest BCUT2D eigenvalue weighted by Crippen LogP contribution is 2.24. The van der Waals surface area contributed by atoms with Crippen molar-refractivity contribution < 1.29 is 9.59 Å². The molecule has 8 nitrogen and oxygen atoms in total. The summed E-state index contributed by atoms with van der Waals surface area (Å²) in [6.07, 6.45) is 4.05. The van der Waals surface area contributed by atoms with Gasteiger partial charge in [-0.15, -0.1) is 0 Å². The van der Waals surface area contributed by atoms with E-state index in [0.717, 1.165) is 30.3 Å². The second kappa shape index (κ2) is 8.86. The molecular weight excluding hydrogens is 360 g/mol. The highest BCUT2D eigenvalue weighted by Gasteiger charge is 2.22. The normalized spacial score (nSPS) is 14.3. The summed E-state index contributed by atoms with van der Waals surface area (Å²) >= 11 is 0. The first-order valence-electron chi connectivity index (χ1n) is 9.79. The van der Waals surface area contributed by atoms with Crippen molar-refractivity contribution in [1.82, 2.24) is 19.8 Å². The zero-order valence-electron chi connectivity index (χ0n) is 16.1. The van der Waals surface area contributed by atoms with Crippen molar-refractivity contribution in [3.8, 4) is 0 Å². The number of nitrogens with zero attached hydrogens (tertiary/aromatic N) is 2. The van der Waals surface area contributed by atoms with Gasteiger partial charge in [0.1, 0.15) is 6.54 Å². The summed E-state index contributed by atoms with van der Waals surface area (Å²) in [5, 5.41) is 5.97. The van der Waals surface area contributed by atoms with Crippen molar-refractivity contribution in [3.63, 3.8) is 0 Å². The SMILES string of the molecule is CCn1c(=O)c2ccccc2n(CC(=O)NCCNC(=O)C2CCCC2)c1=O. The molecule has 2 aromatic rings. The number of carbonyl (C=O) groups excluding carboxylic acids is 2. The van der Waals surface area contributed by atoms with Crippen LogP contribution in [0.5, 0.6) is 0 Å². The molecule has 0 saturated heterocycles. The third-order valence-electron chi connectivity index (χ3n) is 5.22. The summed E-state index contributed by atoms with van der Waals surface area (Å²) in [6, 6.07) is 6.76. The van der Waals surface area contributed by atoms with Crippen molar-refractivity contribution in [3.05, 3.63) is 45.1 Å². The molecule has 1 aromatic carbocycles. The Kier molecular flexibility index (Phi) is 6.28. The van der Waals surface area contributed by atoms with Gasteiger partial charge in [-0.3, -0.25) is 23.5 Å². The smallest absolute Gasteiger partial charge is 0.331 e. The molecular formula is C20H26N4O4. The number of fused-ring (bicyclic) bond motifs is 1. The van der Waals surface area contributed by atoms with Crippen molar-refractivity contribution in [1.29, 1.82) is 0 Å². The van der Waals surface area contributed by atoms with E-state index in [9.17, 15) is 19.2 Å². The van der Waals surface area contributed by atoms with Gasteiger partial charge < -0.3 is 10.6 Å². The topological polar surface area (TPSA) is 102 Å². The van der Waals surface area contributed by atoms with E-state index < -0.39 is 5.69 Å². The summed E-state index contributed by atoms with van der Waals surface area (Å²) < 4.78 is 2.43. The van der Waals surface area contributed by atoms with Crippen molar-refractivity contribution in [2.75, 3.05) is 13.1 Å². The Labute approximate surface area is 162 Å². The monoisotopic (exact) mass is 386 g/mol. The number of nitrogens with one attached hydrogen (secondary N) is 2. The molecule has 2 amide bonds. The van der Waals surface area contributed by atoms with Gasteiger partial charge in [0.15, 0.2) is 0 Å². The predicted octanol–water partition coefficient (Wildman–Crippen LogP) is 0.606. The van der Waals surface area contributed by atoms with Gasteiger partial charge >= 0.3 is 5.69 Å². The standard InChI is InChI=1S/C20H26N4O4/c1-2-23-19(27)15-9-5-6-10-16(15)24(20(23)28)13-17(25)21-11-12-22-18(26)14-7-3-4-8-14/h5-6,9-10,14H,2-4,7-8,11-13H2,1H3,(H,21,25)(H,22,26). The van der Waals surface area contributed by atoms with Crippen LogP contribution in [0.25, 0.3) is 10.9 Å². The molecule has 1 aliphatic carbocycles. The summed E-state index contributed by atoms with van der Waals surface area (Å²) in [7, 11) is 0. The van der Waals surface area contributed by atoms with Gasteiger partial charge in [-0.2, -0.15) is 0 Å². The molecule has 0 radical (unpaired) electrons. The number of carbonyl (C=O) groups is 2. The lowest BCUT2D eigenvalue weighted by molar-refractivity contribution is -0.125. The highest BCUT2D eigenvalue weighted by molar-refractivity contribution is 5.82. The largest absolute Gasteiger partial charge is 0.354 e. The number of benzene rings is 1. The van der Waals surface area contributed by atoms with Crippen molar-refractivity contribution in [2.45, 2.75) is 45.7 Å². The van der Waals surface area contributed by atoms with Gasteiger partial charge in [0.05, 0.1) is 10.9 Å². The number of para-hydroxylation sites is 1. The number of amides is 2. The lowest BCUT2D eigenvalue weighted by Crippen LogP contribution is -2.43. The molecule has 1 fully saturated rings. The van der Waals surface area contributed by atoms with Crippen LogP contribution in [-0.2, 0) is 22.7 Å². The van der Waals surface area contributed by atoms with Crippen LogP contribution in [0.4, 0.5) is 0 Å². The fourth-order valence-corrected chi connectivity index (χ4v) is 3.72. The molecule has 2 N–H and O–H groups in total. The van der Waals surface area contributed by atoms with Crippen LogP contribution in [0, 0.1) is 5.92 Å². The number of hydrogen-bond acceptors (Lipinski definition) is 4. The van der Waals surface area contributed by atoms with E-state index in [4.69, 9.17) is 0 Å². The number of rotatable bonds is 7. The van der Waals surface area contributed by atoms with Crippen LogP contribution in [-0.4, -0.2) is 34.0 Å². The zero-order chi connectivity index (χ0) is 20.1. The summed E-state index contributed by atoms with van der Waals surface area (Å²) in [5.74, 6) is -0.205. The first kappa shape index (κ1) is 19.9. The second-order valence-corrected chi connectivity index (χ2v) is 7.06. The van der Waals surface area contributed by atoms with Gasteiger partial charge in [0.2, 0.25) is 11.8 Å². The maximum atomic E-state index is 12.6. The number of aromatic nitrogens is 2. The summed E-state index contributed by atoms with van der Waals surface area (Å²) in [5.41, 5.74) is -0.419. The van der Waals surface area contributed by atoms with E-state index in [-0.39, 0.29) is 42.9 Å². The molecule has 1 aliphatic rings. The van der Waals surface area contributed by atoms with E-state index in [2.05, 4.69) is 10.6 Å². The zero-order valence-corrected chi connectivity index (χ0v) is 16.1. The Morgan fingerprint density at radius 1 is 1.04 bits per heavy atom. The molecule has 0 spiro atoms. The third-order valence-corrected chi connectivity index (χ3v) is 5.22. The summed E-state index contributed by atoms with van der Waals surface area (Å²) in [4.78, 5) is 49.3.